The number of likely N-dealkylation sites (tertiary alicyclic amines) is 1. The number of anilines is 3. The summed E-state index contributed by atoms with van der Waals surface area (Å²) < 4.78 is 6.17. The van der Waals surface area contributed by atoms with E-state index in [0.29, 0.717) is 12.6 Å². The van der Waals surface area contributed by atoms with Crippen LogP contribution in [0.3, 0.4) is 0 Å². The van der Waals surface area contributed by atoms with Crippen LogP contribution in [0.5, 0.6) is 5.75 Å². The van der Waals surface area contributed by atoms with Gasteiger partial charge in [0.05, 0.1) is 5.69 Å². The zero-order valence-electron chi connectivity index (χ0n) is 19.0. The van der Waals surface area contributed by atoms with Crippen LogP contribution in [0.2, 0.25) is 0 Å². The molecule has 3 aromatic carbocycles. The van der Waals surface area contributed by atoms with E-state index in [0.717, 1.165) is 25.3 Å². The lowest BCUT2D eigenvalue weighted by Gasteiger charge is -2.32. The lowest BCUT2D eigenvalue weighted by molar-refractivity contribution is 0.255. The molecule has 4 nitrogen and oxygen atoms in total. The van der Waals surface area contributed by atoms with Gasteiger partial charge in [-0.1, -0.05) is 42.5 Å². The fraction of sp³-hybridized carbons (Fsp3) is 0.357. The Hall–Kier alpha value is -2.98. The van der Waals surface area contributed by atoms with Gasteiger partial charge in [0.2, 0.25) is 0 Å². The number of ether oxygens (including phenoxy) is 1. The van der Waals surface area contributed by atoms with Crippen LogP contribution in [-0.2, 0) is 13.0 Å². The number of hydrogen-bond acceptors (Lipinski definition) is 4. The minimum atomic E-state index is 0.567. The maximum Gasteiger partial charge on any atom is 0.143 e. The van der Waals surface area contributed by atoms with Crippen molar-refractivity contribution >= 4 is 17.1 Å². The maximum atomic E-state index is 6.17. The SMILES string of the molecule is CNc1cccc(CCCN2CCC[C@@H]2CN2c3ccccc3COc3ccccc32)c1. The van der Waals surface area contributed by atoms with Crippen LogP contribution in [0.1, 0.15) is 30.4 Å². The van der Waals surface area contributed by atoms with Crippen LogP contribution < -0.4 is 15.0 Å². The van der Waals surface area contributed by atoms with Crippen LogP contribution in [0, 0.1) is 0 Å². The van der Waals surface area contributed by atoms with Crippen LogP contribution >= 0.6 is 0 Å². The molecule has 0 saturated carbocycles. The fourth-order valence-corrected chi connectivity index (χ4v) is 5.16. The summed E-state index contributed by atoms with van der Waals surface area (Å²) >= 11 is 0. The molecular weight excluding hydrogens is 394 g/mol. The molecule has 2 aliphatic heterocycles. The Morgan fingerprint density at radius 3 is 2.72 bits per heavy atom. The summed E-state index contributed by atoms with van der Waals surface area (Å²) in [4.78, 5) is 5.20. The fourth-order valence-electron chi connectivity index (χ4n) is 5.16. The molecule has 0 aliphatic carbocycles. The number of hydrogen-bond donors (Lipinski definition) is 1. The van der Waals surface area contributed by atoms with Crippen molar-refractivity contribution < 1.29 is 4.74 Å². The highest BCUT2D eigenvalue weighted by atomic mass is 16.5. The standard InChI is InChI=1S/C28H33N3O/c1-29-24-12-6-9-22(19-24)10-7-17-30-18-8-13-25(30)20-31-26-14-3-2-11-23(26)21-32-28-16-5-4-15-27(28)31/h2-6,9,11-12,14-16,19,25,29H,7-8,10,13,17-18,20-21H2,1H3/t25-/m1/s1. The molecular formula is C28H33N3O. The highest BCUT2D eigenvalue weighted by Gasteiger charge is 2.29. The first kappa shape index (κ1) is 20.9. The van der Waals surface area contributed by atoms with Gasteiger partial charge in [0.25, 0.3) is 0 Å². The third-order valence-electron chi connectivity index (χ3n) is 6.84. The molecule has 0 radical (unpaired) electrons. The molecule has 0 amide bonds. The van der Waals surface area contributed by atoms with Gasteiger partial charge in [-0.25, -0.2) is 0 Å². The van der Waals surface area contributed by atoms with Crippen molar-refractivity contribution in [3.05, 3.63) is 83.9 Å². The largest absolute Gasteiger partial charge is 0.487 e. The Morgan fingerprint density at radius 1 is 0.969 bits per heavy atom. The van der Waals surface area contributed by atoms with E-state index in [1.165, 1.54) is 54.0 Å². The summed E-state index contributed by atoms with van der Waals surface area (Å²) in [6.07, 6.45) is 4.87. The van der Waals surface area contributed by atoms with Crippen molar-refractivity contribution in [2.24, 2.45) is 0 Å². The third kappa shape index (κ3) is 4.46. The first-order chi connectivity index (χ1) is 15.8. The van der Waals surface area contributed by atoms with Crippen molar-refractivity contribution in [1.82, 2.24) is 4.90 Å². The lowest BCUT2D eigenvalue weighted by Crippen LogP contribution is -2.39. The summed E-state index contributed by atoms with van der Waals surface area (Å²) in [6, 6.07) is 26.5. The highest BCUT2D eigenvalue weighted by Crippen LogP contribution is 2.40. The lowest BCUT2D eigenvalue weighted by atomic mass is 10.1. The molecule has 1 fully saturated rings. The van der Waals surface area contributed by atoms with Crippen molar-refractivity contribution in [2.75, 3.05) is 36.9 Å². The summed E-state index contributed by atoms with van der Waals surface area (Å²) in [5, 5.41) is 3.25. The zero-order chi connectivity index (χ0) is 21.8. The third-order valence-corrected chi connectivity index (χ3v) is 6.84. The quantitative estimate of drug-likeness (QED) is 0.511. The number of rotatable bonds is 7. The average molecular weight is 428 g/mol. The second-order valence-electron chi connectivity index (χ2n) is 8.88. The Labute approximate surface area is 191 Å². The van der Waals surface area contributed by atoms with Gasteiger partial charge in [0.15, 0.2) is 0 Å². The van der Waals surface area contributed by atoms with Crippen LogP contribution in [-0.4, -0.2) is 37.6 Å². The summed E-state index contributed by atoms with van der Waals surface area (Å²) in [6.45, 7) is 3.99. The molecule has 2 aliphatic rings. The Balaban J connectivity index is 1.30. The molecule has 0 unspecified atom stereocenters. The number of nitrogens with one attached hydrogen (secondary N) is 1. The predicted octanol–water partition coefficient (Wildman–Crippen LogP) is 5.86. The van der Waals surface area contributed by atoms with Gasteiger partial charge in [-0.05, 0) is 74.7 Å². The van der Waals surface area contributed by atoms with E-state index in [1.807, 2.05) is 7.05 Å². The zero-order valence-corrected chi connectivity index (χ0v) is 19.0. The average Bonchev–Trinajstić information content (AvgIpc) is 3.22. The van der Waals surface area contributed by atoms with Gasteiger partial charge in [0.1, 0.15) is 12.4 Å². The van der Waals surface area contributed by atoms with Crippen LogP contribution in [0.4, 0.5) is 17.1 Å². The van der Waals surface area contributed by atoms with Crippen LogP contribution in [0.25, 0.3) is 0 Å². The van der Waals surface area contributed by atoms with Gasteiger partial charge >= 0.3 is 0 Å². The number of nitrogens with zero attached hydrogens (tertiary/aromatic N) is 2. The van der Waals surface area contributed by atoms with Crippen molar-refractivity contribution in [3.8, 4) is 5.75 Å². The Morgan fingerprint density at radius 2 is 1.81 bits per heavy atom. The molecule has 1 atom stereocenters. The highest BCUT2D eigenvalue weighted by molar-refractivity contribution is 5.72. The van der Waals surface area contributed by atoms with Crippen molar-refractivity contribution in [3.63, 3.8) is 0 Å². The second kappa shape index (κ2) is 9.66. The van der Waals surface area contributed by atoms with Gasteiger partial charge in [-0.15, -0.1) is 0 Å². The van der Waals surface area contributed by atoms with E-state index in [4.69, 9.17) is 4.74 Å². The first-order valence-electron chi connectivity index (χ1n) is 11.9. The Bertz CT molecular complexity index is 1000. The number of para-hydroxylation sites is 3. The Kier molecular flexibility index (Phi) is 6.31. The van der Waals surface area contributed by atoms with E-state index in [1.54, 1.807) is 0 Å². The smallest absolute Gasteiger partial charge is 0.143 e. The molecule has 0 bridgehead atoms. The summed E-state index contributed by atoms with van der Waals surface area (Å²) in [5.74, 6) is 0.984. The van der Waals surface area contributed by atoms with E-state index < -0.39 is 0 Å². The predicted molar refractivity (Wildman–Crippen MR) is 133 cm³/mol. The van der Waals surface area contributed by atoms with E-state index in [9.17, 15) is 0 Å². The van der Waals surface area contributed by atoms with E-state index in [2.05, 4.69) is 87.9 Å². The molecule has 2 heterocycles. The van der Waals surface area contributed by atoms with Gasteiger partial charge in [0, 0.05) is 36.6 Å². The minimum Gasteiger partial charge on any atom is -0.487 e. The second-order valence-corrected chi connectivity index (χ2v) is 8.88. The monoisotopic (exact) mass is 427 g/mol. The van der Waals surface area contributed by atoms with E-state index >= 15 is 0 Å². The number of fused-ring (bicyclic) bond motifs is 2. The molecule has 3 aromatic rings. The maximum absolute atomic E-state index is 6.17. The van der Waals surface area contributed by atoms with Crippen molar-refractivity contribution in [2.45, 2.75) is 38.3 Å². The molecule has 32 heavy (non-hydrogen) atoms. The molecule has 0 aromatic heterocycles. The molecule has 166 valence electrons. The first-order valence-corrected chi connectivity index (χ1v) is 11.9. The van der Waals surface area contributed by atoms with Crippen LogP contribution in [0.15, 0.2) is 72.8 Å². The number of aryl methyl sites for hydroxylation is 1. The molecule has 0 spiro atoms. The molecule has 1 N–H and O–H groups in total. The minimum absolute atomic E-state index is 0.567. The summed E-state index contributed by atoms with van der Waals surface area (Å²) in [7, 11) is 1.98. The topological polar surface area (TPSA) is 27.7 Å². The molecule has 1 saturated heterocycles. The van der Waals surface area contributed by atoms with Gasteiger partial charge < -0.3 is 15.0 Å². The van der Waals surface area contributed by atoms with Gasteiger partial charge in [-0.3, -0.25) is 4.90 Å². The normalized spacial score (nSPS) is 17.9. The molecule has 5 rings (SSSR count). The van der Waals surface area contributed by atoms with Crippen molar-refractivity contribution in [1.29, 1.82) is 0 Å². The summed E-state index contributed by atoms with van der Waals surface area (Å²) in [5.41, 5.74) is 6.35. The number of benzene rings is 3. The van der Waals surface area contributed by atoms with Gasteiger partial charge in [-0.2, -0.15) is 0 Å². The van der Waals surface area contributed by atoms with E-state index in [-0.39, 0.29) is 0 Å². The molecule has 4 heteroatoms.